The second-order valence-electron chi connectivity index (χ2n) is 4.66. The summed E-state index contributed by atoms with van der Waals surface area (Å²) in [6.07, 6.45) is 1.83. The van der Waals surface area contributed by atoms with Gasteiger partial charge in [-0.1, -0.05) is 19.1 Å². The molecule has 104 valence electrons. The zero-order valence-electron chi connectivity index (χ0n) is 11.2. The van der Waals surface area contributed by atoms with Crippen LogP contribution in [0.4, 0.5) is 5.69 Å². The average molecular weight is 263 g/mol. The SMILES string of the molecule is CC(CCCN)C(=O)Nc1ccc(CC(N)=O)cc1. The summed E-state index contributed by atoms with van der Waals surface area (Å²) < 4.78 is 0. The highest BCUT2D eigenvalue weighted by molar-refractivity contribution is 5.92. The van der Waals surface area contributed by atoms with Crippen LogP contribution in [-0.4, -0.2) is 18.4 Å². The highest BCUT2D eigenvalue weighted by Crippen LogP contribution is 2.13. The van der Waals surface area contributed by atoms with Crippen molar-refractivity contribution in [2.24, 2.45) is 17.4 Å². The molecule has 0 spiro atoms. The van der Waals surface area contributed by atoms with Crippen molar-refractivity contribution in [2.45, 2.75) is 26.2 Å². The third-order valence-electron chi connectivity index (χ3n) is 2.89. The molecule has 1 rings (SSSR count). The topological polar surface area (TPSA) is 98.2 Å². The number of nitrogens with two attached hydrogens (primary N) is 2. The zero-order chi connectivity index (χ0) is 14.3. The molecule has 5 heteroatoms. The molecule has 0 saturated heterocycles. The van der Waals surface area contributed by atoms with E-state index < -0.39 is 0 Å². The number of hydrogen-bond acceptors (Lipinski definition) is 3. The molecule has 1 atom stereocenters. The second-order valence-corrected chi connectivity index (χ2v) is 4.66. The number of carbonyl (C=O) groups excluding carboxylic acids is 2. The van der Waals surface area contributed by atoms with E-state index >= 15 is 0 Å². The van der Waals surface area contributed by atoms with E-state index in [1.807, 2.05) is 6.92 Å². The summed E-state index contributed by atoms with van der Waals surface area (Å²) in [5.41, 5.74) is 12.1. The van der Waals surface area contributed by atoms with E-state index in [1.165, 1.54) is 0 Å². The lowest BCUT2D eigenvalue weighted by atomic mass is 10.0. The Hall–Kier alpha value is -1.88. The van der Waals surface area contributed by atoms with E-state index in [4.69, 9.17) is 11.5 Å². The molecule has 5 N–H and O–H groups in total. The van der Waals surface area contributed by atoms with Crippen LogP contribution in [-0.2, 0) is 16.0 Å². The fourth-order valence-corrected chi connectivity index (χ4v) is 1.73. The van der Waals surface area contributed by atoms with Gasteiger partial charge in [0.25, 0.3) is 0 Å². The van der Waals surface area contributed by atoms with Crippen molar-refractivity contribution in [1.29, 1.82) is 0 Å². The van der Waals surface area contributed by atoms with Gasteiger partial charge in [0.15, 0.2) is 0 Å². The lowest BCUT2D eigenvalue weighted by molar-refractivity contribution is -0.119. The first kappa shape index (κ1) is 15.2. The van der Waals surface area contributed by atoms with Crippen LogP contribution in [0, 0.1) is 5.92 Å². The number of carbonyl (C=O) groups is 2. The highest BCUT2D eigenvalue weighted by atomic mass is 16.2. The van der Waals surface area contributed by atoms with Crippen molar-refractivity contribution >= 4 is 17.5 Å². The second kappa shape index (κ2) is 7.53. The zero-order valence-corrected chi connectivity index (χ0v) is 11.2. The molecule has 0 bridgehead atoms. The van der Waals surface area contributed by atoms with Gasteiger partial charge >= 0.3 is 0 Å². The summed E-state index contributed by atoms with van der Waals surface area (Å²) in [4.78, 5) is 22.6. The smallest absolute Gasteiger partial charge is 0.227 e. The van der Waals surface area contributed by atoms with E-state index in [2.05, 4.69) is 5.32 Å². The highest BCUT2D eigenvalue weighted by Gasteiger charge is 2.12. The van der Waals surface area contributed by atoms with Crippen LogP contribution in [0.5, 0.6) is 0 Å². The molecule has 1 unspecified atom stereocenters. The monoisotopic (exact) mass is 263 g/mol. The largest absolute Gasteiger partial charge is 0.369 e. The molecule has 5 nitrogen and oxygen atoms in total. The summed E-state index contributed by atoms with van der Waals surface area (Å²) in [6, 6.07) is 7.10. The normalized spacial score (nSPS) is 11.9. The minimum absolute atomic E-state index is 0.0175. The van der Waals surface area contributed by atoms with Gasteiger partial charge in [-0.25, -0.2) is 0 Å². The van der Waals surface area contributed by atoms with Gasteiger partial charge in [0.2, 0.25) is 11.8 Å². The van der Waals surface area contributed by atoms with E-state index in [0.29, 0.717) is 6.54 Å². The predicted octanol–water partition coefficient (Wildman–Crippen LogP) is 1.03. The molecule has 0 fully saturated rings. The van der Waals surface area contributed by atoms with Crippen molar-refractivity contribution in [1.82, 2.24) is 0 Å². The molecular weight excluding hydrogens is 242 g/mol. The number of primary amides is 1. The third-order valence-corrected chi connectivity index (χ3v) is 2.89. The molecule has 0 aliphatic heterocycles. The Bertz CT molecular complexity index is 429. The van der Waals surface area contributed by atoms with Gasteiger partial charge in [0.1, 0.15) is 0 Å². The van der Waals surface area contributed by atoms with Crippen LogP contribution in [0.3, 0.4) is 0 Å². The van der Waals surface area contributed by atoms with Crippen LogP contribution in [0.1, 0.15) is 25.3 Å². The molecular formula is C14H21N3O2. The molecule has 0 aromatic heterocycles. The molecule has 2 amide bonds. The van der Waals surface area contributed by atoms with Gasteiger partial charge in [-0.05, 0) is 37.1 Å². The maximum absolute atomic E-state index is 11.9. The summed E-state index contributed by atoms with van der Waals surface area (Å²) in [5, 5.41) is 2.84. The number of anilines is 1. The number of rotatable bonds is 7. The maximum Gasteiger partial charge on any atom is 0.227 e. The average Bonchev–Trinajstić information content (AvgIpc) is 2.37. The van der Waals surface area contributed by atoms with Crippen LogP contribution in [0.2, 0.25) is 0 Å². The quantitative estimate of drug-likeness (QED) is 0.685. The van der Waals surface area contributed by atoms with Gasteiger partial charge in [0.05, 0.1) is 6.42 Å². The molecule has 1 aromatic rings. The fourth-order valence-electron chi connectivity index (χ4n) is 1.73. The van der Waals surface area contributed by atoms with Crippen molar-refractivity contribution in [2.75, 3.05) is 11.9 Å². The fraction of sp³-hybridized carbons (Fsp3) is 0.429. The minimum atomic E-state index is -0.368. The summed E-state index contributed by atoms with van der Waals surface area (Å²) >= 11 is 0. The summed E-state index contributed by atoms with van der Waals surface area (Å²) in [6.45, 7) is 2.48. The summed E-state index contributed by atoms with van der Waals surface area (Å²) in [7, 11) is 0. The minimum Gasteiger partial charge on any atom is -0.369 e. The van der Waals surface area contributed by atoms with Crippen LogP contribution < -0.4 is 16.8 Å². The number of nitrogens with one attached hydrogen (secondary N) is 1. The first-order valence-corrected chi connectivity index (χ1v) is 6.41. The standard InChI is InChI=1S/C14H21N3O2/c1-10(3-2-8-15)14(19)17-12-6-4-11(5-7-12)9-13(16)18/h4-7,10H,2-3,8-9,15H2,1H3,(H2,16,18)(H,17,19). The number of benzene rings is 1. The Morgan fingerprint density at radius 1 is 1.26 bits per heavy atom. The van der Waals surface area contributed by atoms with Gasteiger partial charge in [-0.3, -0.25) is 9.59 Å². The van der Waals surface area contributed by atoms with E-state index in [0.717, 1.165) is 24.1 Å². The molecule has 0 saturated carbocycles. The molecule has 19 heavy (non-hydrogen) atoms. The van der Waals surface area contributed by atoms with Gasteiger partial charge < -0.3 is 16.8 Å². The van der Waals surface area contributed by atoms with Gasteiger partial charge in [-0.2, -0.15) is 0 Å². The van der Waals surface area contributed by atoms with Crippen molar-refractivity contribution < 1.29 is 9.59 Å². The first-order valence-electron chi connectivity index (χ1n) is 6.41. The molecule has 0 aliphatic rings. The Kier molecular flexibility index (Phi) is 6.02. The number of hydrogen-bond donors (Lipinski definition) is 3. The molecule has 0 heterocycles. The maximum atomic E-state index is 11.9. The van der Waals surface area contributed by atoms with Gasteiger partial charge in [-0.15, -0.1) is 0 Å². The van der Waals surface area contributed by atoms with Crippen LogP contribution >= 0.6 is 0 Å². The Morgan fingerprint density at radius 3 is 2.42 bits per heavy atom. The lowest BCUT2D eigenvalue weighted by Gasteiger charge is -2.11. The Morgan fingerprint density at radius 2 is 1.89 bits per heavy atom. The van der Waals surface area contributed by atoms with E-state index in [-0.39, 0.29) is 24.2 Å². The first-order chi connectivity index (χ1) is 9.02. The van der Waals surface area contributed by atoms with Gasteiger partial charge in [0, 0.05) is 11.6 Å². The van der Waals surface area contributed by atoms with E-state index in [1.54, 1.807) is 24.3 Å². The Labute approximate surface area is 113 Å². The molecule has 0 aliphatic carbocycles. The molecule has 0 radical (unpaired) electrons. The lowest BCUT2D eigenvalue weighted by Crippen LogP contribution is -2.21. The van der Waals surface area contributed by atoms with Crippen LogP contribution in [0.25, 0.3) is 0 Å². The molecule has 1 aromatic carbocycles. The third kappa shape index (κ3) is 5.52. The number of amides is 2. The predicted molar refractivity (Wildman–Crippen MR) is 75.4 cm³/mol. The summed E-state index contributed by atoms with van der Waals surface area (Å²) in [5.74, 6) is -0.447. The Balaban J connectivity index is 2.52. The van der Waals surface area contributed by atoms with E-state index in [9.17, 15) is 9.59 Å². The van der Waals surface area contributed by atoms with Crippen molar-refractivity contribution in [3.8, 4) is 0 Å². The van der Waals surface area contributed by atoms with Crippen molar-refractivity contribution in [3.63, 3.8) is 0 Å². The van der Waals surface area contributed by atoms with Crippen molar-refractivity contribution in [3.05, 3.63) is 29.8 Å². The van der Waals surface area contributed by atoms with Crippen LogP contribution in [0.15, 0.2) is 24.3 Å².